The van der Waals surface area contributed by atoms with Crippen LogP contribution >= 0.6 is 0 Å². The minimum atomic E-state index is -0.232. The van der Waals surface area contributed by atoms with Crippen molar-refractivity contribution in [2.75, 3.05) is 19.7 Å². The standard InChI is InChI=1S/C18H22N4O3/c1-21-10-19-20-17(21)15-9-22(6-7-24-15)18(23)13-8-14(11-2-3-11)25-16(13)12-4-5-12/h8,10-12,15H,2-7,9H2,1H3. The van der Waals surface area contributed by atoms with E-state index in [0.717, 1.165) is 35.7 Å². The minimum Gasteiger partial charge on any atom is -0.465 e. The lowest BCUT2D eigenvalue weighted by Gasteiger charge is -2.32. The Labute approximate surface area is 146 Å². The van der Waals surface area contributed by atoms with Crippen LogP contribution in [0.15, 0.2) is 16.8 Å². The van der Waals surface area contributed by atoms with E-state index in [4.69, 9.17) is 9.15 Å². The molecule has 3 heterocycles. The molecule has 3 fully saturated rings. The molecule has 0 bridgehead atoms. The van der Waals surface area contributed by atoms with Gasteiger partial charge in [-0.2, -0.15) is 0 Å². The molecule has 2 saturated carbocycles. The normalized spacial score (nSPS) is 23.9. The van der Waals surface area contributed by atoms with Crippen molar-refractivity contribution in [2.45, 2.75) is 43.6 Å². The average molecular weight is 342 g/mol. The Morgan fingerprint density at radius 1 is 1.24 bits per heavy atom. The van der Waals surface area contributed by atoms with Crippen LogP contribution < -0.4 is 0 Å². The van der Waals surface area contributed by atoms with E-state index in [1.807, 2.05) is 22.6 Å². The second kappa shape index (κ2) is 5.69. The van der Waals surface area contributed by atoms with Gasteiger partial charge in [0.05, 0.1) is 18.7 Å². The molecule has 5 rings (SSSR count). The third-order valence-electron chi connectivity index (χ3n) is 5.33. The van der Waals surface area contributed by atoms with E-state index < -0.39 is 0 Å². The van der Waals surface area contributed by atoms with Crippen LogP contribution in [0.2, 0.25) is 0 Å². The van der Waals surface area contributed by atoms with Gasteiger partial charge in [0.15, 0.2) is 5.82 Å². The van der Waals surface area contributed by atoms with Gasteiger partial charge in [-0.1, -0.05) is 0 Å². The first-order chi connectivity index (χ1) is 12.2. The van der Waals surface area contributed by atoms with E-state index >= 15 is 0 Å². The highest BCUT2D eigenvalue weighted by molar-refractivity contribution is 5.95. The highest BCUT2D eigenvalue weighted by Crippen LogP contribution is 2.47. The summed E-state index contributed by atoms with van der Waals surface area (Å²) in [4.78, 5) is 15.0. The number of morpholine rings is 1. The lowest BCUT2D eigenvalue weighted by Crippen LogP contribution is -2.43. The van der Waals surface area contributed by atoms with Crippen LogP contribution in [-0.2, 0) is 11.8 Å². The Hall–Kier alpha value is -2.15. The molecule has 0 N–H and O–H groups in total. The molecule has 25 heavy (non-hydrogen) atoms. The third kappa shape index (κ3) is 2.76. The lowest BCUT2D eigenvalue weighted by atomic mass is 10.1. The second-order valence-electron chi connectivity index (χ2n) is 7.39. The van der Waals surface area contributed by atoms with Crippen molar-refractivity contribution < 1.29 is 13.9 Å². The zero-order valence-corrected chi connectivity index (χ0v) is 14.4. The van der Waals surface area contributed by atoms with Crippen molar-refractivity contribution >= 4 is 5.91 Å². The molecule has 0 radical (unpaired) electrons. The molecule has 0 spiro atoms. The van der Waals surface area contributed by atoms with Gasteiger partial charge in [0.25, 0.3) is 5.91 Å². The van der Waals surface area contributed by atoms with Gasteiger partial charge >= 0.3 is 0 Å². The van der Waals surface area contributed by atoms with Crippen LogP contribution in [0.3, 0.4) is 0 Å². The zero-order valence-electron chi connectivity index (χ0n) is 14.4. The summed E-state index contributed by atoms with van der Waals surface area (Å²) in [7, 11) is 1.89. The molecular formula is C18H22N4O3. The Morgan fingerprint density at radius 2 is 2.04 bits per heavy atom. The van der Waals surface area contributed by atoms with Crippen LogP contribution in [0.1, 0.15) is 71.3 Å². The Balaban J connectivity index is 1.39. The second-order valence-corrected chi connectivity index (χ2v) is 7.39. The largest absolute Gasteiger partial charge is 0.465 e. The van der Waals surface area contributed by atoms with Crippen LogP contribution in [0, 0.1) is 0 Å². The van der Waals surface area contributed by atoms with Gasteiger partial charge in [-0.3, -0.25) is 4.79 Å². The molecule has 1 unspecified atom stereocenters. The van der Waals surface area contributed by atoms with Gasteiger partial charge in [0.2, 0.25) is 0 Å². The molecule has 3 aliphatic rings. The average Bonchev–Trinajstić information content (AvgIpc) is 3.57. The Kier molecular flexibility index (Phi) is 3.45. The molecule has 1 atom stereocenters. The first-order valence-electron chi connectivity index (χ1n) is 9.09. The summed E-state index contributed by atoms with van der Waals surface area (Å²) in [6, 6.07) is 2.00. The van der Waals surface area contributed by atoms with Crippen molar-refractivity contribution in [1.29, 1.82) is 0 Å². The third-order valence-corrected chi connectivity index (χ3v) is 5.33. The number of aryl methyl sites for hydroxylation is 1. The number of hydrogen-bond donors (Lipinski definition) is 0. The number of furan rings is 1. The maximum atomic E-state index is 13.2. The summed E-state index contributed by atoms with van der Waals surface area (Å²) < 4.78 is 13.8. The molecule has 1 amide bonds. The summed E-state index contributed by atoms with van der Waals surface area (Å²) in [5.74, 6) is 3.69. The van der Waals surface area contributed by atoms with Crippen LogP contribution in [0.4, 0.5) is 0 Å². The summed E-state index contributed by atoms with van der Waals surface area (Å²) in [6.45, 7) is 1.61. The quantitative estimate of drug-likeness (QED) is 0.853. The predicted molar refractivity (Wildman–Crippen MR) is 88.3 cm³/mol. The van der Waals surface area contributed by atoms with E-state index in [1.165, 1.54) is 12.8 Å². The van der Waals surface area contributed by atoms with Crippen molar-refractivity contribution in [3.8, 4) is 0 Å². The first-order valence-corrected chi connectivity index (χ1v) is 9.09. The molecule has 2 aliphatic carbocycles. The number of carbonyl (C=O) groups is 1. The summed E-state index contributed by atoms with van der Waals surface area (Å²) >= 11 is 0. The molecule has 2 aromatic heterocycles. The number of hydrogen-bond acceptors (Lipinski definition) is 5. The molecule has 1 saturated heterocycles. The molecule has 2 aromatic rings. The van der Waals surface area contributed by atoms with E-state index in [-0.39, 0.29) is 12.0 Å². The molecule has 132 valence electrons. The lowest BCUT2D eigenvalue weighted by molar-refractivity contribution is -0.0281. The topological polar surface area (TPSA) is 73.4 Å². The predicted octanol–water partition coefficient (Wildman–Crippen LogP) is 2.38. The number of nitrogens with zero attached hydrogens (tertiary/aromatic N) is 4. The SMILES string of the molecule is Cn1cnnc1C1CN(C(=O)c2cc(C3CC3)oc2C2CC2)CCO1. The summed E-state index contributed by atoms with van der Waals surface area (Å²) in [5, 5.41) is 8.04. The monoisotopic (exact) mass is 342 g/mol. The van der Waals surface area contributed by atoms with E-state index in [0.29, 0.717) is 31.5 Å². The molecule has 1 aliphatic heterocycles. The fraction of sp³-hybridized carbons (Fsp3) is 0.611. The number of rotatable bonds is 4. The molecular weight excluding hydrogens is 320 g/mol. The highest BCUT2D eigenvalue weighted by atomic mass is 16.5. The van der Waals surface area contributed by atoms with Gasteiger partial charge in [-0.25, -0.2) is 0 Å². The molecule has 7 heteroatoms. The molecule has 0 aromatic carbocycles. The number of amides is 1. The zero-order chi connectivity index (χ0) is 17.0. The maximum Gasteiger partial charge on any atom is 0.257 e. The van der Waals surface area contributed by atoms with Crippen LogP contribution in [0.25, 0.3) is 0 Å². The fourth-order valence-corrected chi connectivity index (χ4v) is 3.55. The van der Waals surface area contributed by atoms with Crippen LogP contribution in [-0.4, -0.2) is 45.3 Å². The van der Waals surface area contributed by atoms with Crippen molar-refractivity contribution in [2.24, 2.45) is 7.05 Å². The van der Waals surface area contributed by atoms with Crippen molar-refractivity contribution in [3.63, 3.8) is 0 Å². The maximum absolute atomic E-state index is 13.2. The van der Waals surface area contributed by atoms with E-state index in [2.05, 4.69) is 10.2 Å². The van der Waals surface area contributed by atoms with Crippen molar-refractivity contribution in [1.82, 2.24) is 19.7 Å². The Morgan fingerprint density at radius 3 is 2.72 bits per heavy atom. The number of aromatic nitrogens is 3. The highest BCUT2D eigenvalue weighted by Gasteiger charge is 2.38. The van der Waals surface area contributed by atoms with E-state index in [1.54, 1.807) is 6.33 Å². The van der Waals surface area contributed by atoms with Gasteiger partial charge in [-0.05, 0) is 31.7 Å². The van der Waals surface area contributed by atoms with Gasteiger partial charge in [0, 0.05) is 25.4 Å². The van der Waals surface area contributed by atoms with Crippen LogP contribution in [0.5, 0.6) is 0 Å². The smallest absolute Gasteiger partial charge is 0.257 e. The van der Waals surface area contributed by atoms with Gasteiger partial charge in [0.1, 0.15) is 24.0 Å². The fourth-order valence-electron chi connectivity index (χ4n) is 3.55. The van der Waals surface area contributed by atoms with Gasteiger partial charge in [-0.15, -0.1) is 10.2 Å². The number of carbonyl (C=O) groups excluding carboxylic acids is 1. The van der Waals surface area contributed by atoms with E-state index in [9.17, 15) is 4.79 Å². The van der Waals surface area contributed by atoms with Crippen molar-refractivity contribution in [3.05, 3.63) is 35.3 Å². The number of ether oxygens (including phenoxy) is 1. The first kappa shape index (κ1) is 15.1. The Bertz CT molecular complexity index is 803. The summed E-state index contributed by atoms with van der Waals surface area (Å²) in [6.07, 6.45) is 6.03. The summed E-state index contributed by atoms with van der Waals surface area (Å²) in [5.41, 5.74) is 0.767. The van der Waals surface area contributed by atoms with Gasteiger partial charge < -0.3 is 18.6 Å². The minimum absolute atomic E-state index is 0.0630. The molecule has 7 nitrogen and oxygen atoms in total.